The van der Waals surface area contributed by atoms with Crippen LogP contribution >= 0.6 is 11.3 Å². The van der Waals surface area contributed by atoms with Gasteiger partial charge in [-0.2, -0.15) is 0 Å². The van der Waals surface area contributed by atoms with Crippen molar-refractivity contribution in [1.82, 2.24) is 4.57 Å². The van der Waals surface area contributed by atoms with E-state index >= 15 is 0 Å². The number of hydrogen-bond acceptors (Lipinski definition) is 3. The number of carboxylic acid groups (broad SMARTS) is 1. The summed E-state index contributed by atoms with van der Waals surface area (Å²) in [7, 11) is 0. The zero-order chi connectivity index (χ0) is 13.0. The monoisotopic (exact) mass is 261 g/mol. The van der Waals surface area contributed by atoms with Crippen LogP contribution in [0.4, 0.5) is 0 Å². The Labute approximate surface area is 107 Å². The van der Waals surface area contributed by atoms with Crippen molar-refractivity contribution >= 4 is 23.4 Å². The third-order valence-corrected chi connectivity index (χ3v) is 3.29. The number of aromatic nitrogens is 1. The Morgan fingerprint density at radius 3 is 2.72 bits per heavy atom. The van der Waals surface area contributed by atoms with Crippen LogP contribution in [0.1, 0.15) is 10.4 Å². The first kappa shape index (κ1) is 12.3. The molecule has 5 heteroatoms. The molecule has 2 heterocycles. The standard InChI is InChI=1S/C13H11NO3S/c15-11-3-6-14(7-4-11)9-12-10(5-8-18-12)1-2-13(16)17/h1-8H,9H2,(H,16,17). The maximum Gasteiger partial charge on any atom is 0.328 e. The second kappa shape index (κ2) is 5.46. The topological polar surface area (TPSA) is 59.3 Å². The van der Waals surface area contributed by atoms with Gasteiger partial charge < -0.3 is 9.67 Å². The predicted octanol–water partition coefficient (Wildman–Crippen LogP) is 2.06. The Morgan fingerprint density at radius 2 is 2.06 bits per heavy atom. The zero-order valence-electron chi connectivity index (χ0n) is 9.45. The molecule has 0 saturated carbocycles. The Bertz CT molecular complexity index is 619. The van der Waals surface area contributed by atoms with Gasteiger partial charge in [-0.3, -0.25) is 4.79 Å². The van der Waals surface area contributed by atoms with Crippen LogP contribution in [-0.2, 0) is 11.3 Å². The molecule has 0 aliphatic carbocycles. The van der Waals surface area contributed by atoms with E-state index in [9.17, 15) is 9.59 Å². The molecule has 0 bridgehead atoms. The van der Waals surface area contributed by atoms with Crippen molar-refractivity contribution in [3.63, 3.8) is 0 Å². The molecule has 0 aliphatic rings. The number of aliphatic carboxylic acids is 1. The maximum atomic E-state index is 11.0. The van der Waals surface area contributed by atoms with Crippen LogP contribution in [-0.4, -0.2) is 15.6 Å². The van der Waals surface area contributed by atoms with Crippen molar-refractivity contribution in [1.29, 1.82) is 0 Å². The van der Waals surface area contributed by atoms with Crippen LogP contribution in [0.3, 0.4) is 0 Å². The molecule has 2 aromatic heterocycles. The molecule has 0 aliphatic heterocycles. The molecule has 4 nitrogen and oxygen atoms in total. The number of thiophene rings is 1. The molecule has 92 valence electrons. The first-order chi connectivity index (χ1) is 8.65. The average Bonchev–Trinajstić information content (AvgIpc) is 2.77. The Morgan fingerprint density at radius 1 is 1.33 bits per heavy atom. The predicted molar refractivity (Wildman–Crippen MR) is 70.8 cm³/mol. The summed E-state index contributed by atoms with van der Waals surface area (Å²) in [4.78, 5) is 22.5. The molecule has 2 aromatic rings. The van der Waals surface area contributed by atoms with Gasteiger partial charge in [0.2, 0.25) is 0 Å². The van der Waals surface area contributed by atoms with Crippen LogP contribution < -0.4 is 5.43 Å². The lowest BCUT2D eigenvalue weighted by Crippen LogP contribution is -2.04. The third-order valence-electron chi connectivity index (χ3n) is 2.37. The molecule has 0 spiro atoms. The van der Waals surface area contributed by atoms with Gasteiger partial charge in [-0.1, -0.05) is 0 Å². The SMILES string of the molecule is O=C(O)C=Cc1ccsc1Cn1ccc(=O)cc1. The number of carbonyl (C=O) groups is 1. The van der Waals surface area contributed by atoms with Crippen molar-refractivity contribution in [3.8, 4) is 0 Å². The van der Waals surface area contributed by atoms with E-state index in [-0.39, 0.29) is 5.43 Å². The summed E-state index contributed by atoms with van der Waals surface area (Å²) >= 11 is 1.56. The van der Waals surface area contributed by atoms with Crippen LogP contribution in [0.2, 0.25) is 0 Å². The molecule has 0 amide bonds. The summed E-state index contributed by atoms with van der Waals surface area (Å²) < 4.78 is 1.88. The third kappa shape index (κ3) is 3.18. The molecular weight excluding hydrogens is 250 g/mol. The van der Waals surface area contributed by atoms with Crippen molar-refractivity contribution in [2.75, 3.05) is 0 Å². The molecule has 0 saturated heterocycles. The largest absolute Gasteiger partial charge is 0.478 e. The minimum Gasteiger partial charge on any atom is -0.478 e. The molecule has 18 heavy (non-hydrogen) atoms. The van der Waals surface area contributed by atoms with E-state index < -0.39 is 5.97 Å². The van der Waals surface area contributed by atoms with E-state index in [2.05, 4.69) is 0 Å². The highest BCUT2D eigenvalue weighted by molar-refractivity contribution is 7.10. The lowest BCUT2D eigenvalue weighted by Gasteiger charge is -2.04. The van der Waals surface area contributed by atoms with Gasteiger partial charge in [0.25, 0.3) is 0 Å². The number of pyridine rings is 1. The Kier molecular flexibility index (Phi) is 3.74. The van der Waals surface area contributed by atoms with Crippen molar-refractivity contribution < 1.29 is 9.90 Å². The van der Waals surface area contributed by atoms with E-state index in [1.807, 2.05) is 16.0 Å². The quantitative estimate of drug-likeness (QED) is 0.857. The van der Waals surface area contributed by atoms with E-state index in [0.717, 1.165) is 16.5 Å². The number of rotatable bonds is 4. The van der Waals surface area contributed by atoms with Gasteiger partial charge >= 0.3 is 5.97 Å². The van der Waals surface area contributed by atoms with Gasteiger partial charge in [0.15, 0.2) is 5.43 Å². The minimum atomic E-state index is -0.962. The summed E-state index contributed by atoms with van der Waals surface area (Å²) in [6.07, 6.45) is 6.13. The molecular formula is C13H11NO3S. The van der Waals surface area contributed by atoms with E-state index in [0.29, 0.717) is 6.54 Å². The van der Waals surface area contributed by atoms with Gasteiger partial charge in [0.1, 0.15) is 0 Å². The summed E-state index contributed by atoms with van der Waals surface area (Å²) in [6.45, 7) is 0.622. The fraction of sp³-hybridized carbons (Fsp3) is 0.0769. The fourth-order valence-corrected chi connectivity index (χ4v) is 2.38. The van der Waals surface area contributed by atoms with Gasteiger partial charge in [-0.15, -0.1) is 11.3 Å². The van der Waals surface area contributed by atoms with Crippen LogP contribution in [0.15, 0.2) is 46.8 Å². The molecule has 0 atom stereocenters. The summed E-state index contributed by atoms with van der Waals surface area (Å²) in [5.74, 6) is -0.962. The lowest BCUT2D eigenvalue weighted by molar-refractivity contribution is -0.131. The number of hydrogen-bond donors (Lipinski definition) is 1. The summed E-state index contributed by atoms with van der Waals surface area (Å²) in [6, 6.07) is 4.88. The summed E-state index contributed by atoms with van der Waals surface area (Å²) in [5.41, 5.74) is 0.865. The normalized spacial score (nSPS) is 10.9. The average molecular weight is 261 g/mol. The second-order valence-electron chi connectivity index (χ2n) is 3.68. The first-order valence-corrected chi connectivity index (χ1v) is 6.16. The number of carboxylic acids is 1. The van der Waals surface area contributed by atoms with E-state index in [4.69, 9.17) is 5.11 Å². The molecule has 2 rings (SSSR count). The Hall–Kier alpha value is -2.14. The highest BCUT2D eigenvalue weighted by Gasteiger charge is 2.02. The highest BCUT2D eigenvalue weighted by Crippen LogP contribution is 2.19. The first-order valence-electron chi connectivity index (χ1n) is 5.28. The van der Waals surface area contributed by atoms with Crippen LogP contribution in [0.5, 0.6) is 0 Å². The van der Waals surface area contributed by atoms with E-state index in [1.54, 1.807) is 29.8 Å². The van der Waals surface area contributed by atoms with Crippen LogP contribution in [0, 0.1) is 0 Å². The smallest absolute Gasteiger partial charge is 0.328 e. The molecule has 0 radical (unpaired) electrons. The lowest BCUT2D eigenvalue weighted by atomic mass is 10.2. The van der Waals surface area contributed by atoms with Crippen LogP contribution in [0.25, 0.3) is 6.08 Å². The molecule has 0 fully saturated rings. The Balaban J connectivity index is 2.19. The zero-order valence-corrected chi connectivity index (χ0v) is 10.3. The second-order valence-corrected chi connectivity index (χ2v) is 4.68. The maximum absolute atomic E-state index is 11.0. The van der Waals surface area contributed by atoms with Gasteiger partial charge in [0.05, 0.1) is 6.54 Å². The molecule has 1 N–H and O–H groups in total. The molecule has 0 aromatic carbocycles. The summed E-state index contributed by atoms with van der Waals surface area (Å²) in [5, 5.41) is 10.5. The van der Waals surface area contributed by atoms with Crippen molar-refractivity contribution in [2.24, 2.45) is 0 Å². The fourth-order valence-electron chi connectivity index (χ4n) is 1.50. The van der Waals surface area contributed by atoms with Crippen molar-refractivity contribution in [3.05, 3.63) is 62.7 Å². The van der Waals surface area contributed by atoms with Gasteiger partial charge in [0, 0.05) is 35.5 Å². The number of nitrogens with zero attached hydrogens (tertiary/aromatic N) is 1. The highest BCUT2D eigenvalue weighted by atomic mass is 32.1. The minimum absolute atomic E-state index is 0.0246. The van der Waals surface area contributed by atoms with Gasteiger partial charge in [-0.05, 0) is 23.1 Å². The molecule has 0 unspecified atom stereocenters. The van der Waals surface area contributed by atoms with E-state index in [1.165, 1.54) is 12.1 Å². The van der Waals surface area contributed by atoms with Crippen molar-refractivity contribution in [2.45, 2.75) is 6.54 Å². The van der Waals surface area contributed by atoms with Gasteiger partial charge in [-0.25, -0.2) is 4.79 Å².